The smallest absolute Gasteiger partial charge is 0.277 e. The maximum absolute atomic E-state index is 2.30. The highest BCUT2D eigenvalue weighted by Gasteiger charge is 2.27. The summed E-state index contributed by atoms with van der Waals surface area (Å²) < 4.78 is 4.60. The summed E-state index contributed by atoms with van der Waals surface area (Å²) in [4.78, 5) is 0. The summed E-state index contributed by atoms with van der Waals surface area (Å²) in [6.45, 7) is 2.13. The molecule has 0 unspecified atom stereocenters. The Hall–Kier alpha value is -1.78. The van der Waals surface area contributed by atoms with Crippen molar-refractivity contribution in [2.75, 3.05) is 0 Å². The van der Waals surface area contributed by atoms with Crippen LogP contribution in [0, 0.1) is 0 Å². The minimum Gasteiger partial charge on any atom is -0.870 e. The van der Waals surface area contributed by atoms with Crippen LogP contribution in [-0.4, -0.2) is 11.0 Å². The lowest BCUT2D eigenvalue weighted by molar-refractivity contribution is -0.794. The minimum absolute atomic E-state index is 0. The fraction of sp³-hybridized carbons (Fsp3) is 0.167. The summed E-state index contributed by atoms with van der Waals surface area (Å²) in [6.07, 6.45) is 4.29. The lowest BCUT2D eigenvalue weighted by Crippen LogP contribution is -2.52. The SMILES string of the molecule is [OH-].[OH-].c1cc[n+]2c(c1)-c1cccc[n+]1CC2. The van der Waals surface area contributed by atoms with Crippen LogP contribution in [-0.2, 0) is 13.1 Å². The van der Waals surface area contributed by atoms with Crippen LogP contribution in [0.25, 0.3) is 11.4 Å². The Bertz CT molecular complexity index is 440. The molecule has 0 aliphatic carbocycles. The van der Waals surface area contributed by atoms with Crippen molar-refractivity contribution in [1.82, 2.24) is 0 Å². The van der Waals surface area contributed by atoms with E-state index in [1.54, 1.807) is 0 Å². The van der Waals surface area contributed by atoms with Crippen LogP contribution in [0.2, 0.25) is 0 Å². The van der Waals surface area contributed by atoms with Gasteiger partial charge in [0.15, 0.2) is 12.4 Å². The Balaban J connectivity index is 0.000000640. The molecular weight excluding hydrogens is 204 g/mol. The zero-order valence-corrected chi connectivity index (χ0v) is 8.82. The van der Waals surface area contributed by atoms with Gasteiger partial charge in [-0.25, -0.2) is 0 Å². The third-order valence-corrected chi connectivity index (χ3v) is 2.73. The molecule has 0 radical (unpaired) electrons. The van der Waals surface area contributed by atoms with Gasteiger partial charge in [-0.15, -0.1) is 0 Å². The Morgan fingerprint density at radius 2 is 1.12 bits per heavy atom. The first-order valence-electron chi connectivity index (χ1n) is 4.92. The van der Waals surface area contributed by atoms with Crippen LogP contribution in [0.5, 0.6) is 0 Å². The van der Waals surface area contributed by atoms with Crippen molar-refractivity contribution in [2.45, 2.75) is 13.1 Å². The number of aryl methyl sites for hydroxylation is 2. The lowest BCUT2D eigenvalue weighted by atomic mass is 10.2. The predicted molar refractivity (Wildman–Crippen MR) is 56.1 cm³/mol. The number of pyridine rings is 2. The summed E-state index contributed by atoms with van der Waals surface area (Å²) in [5.41, 5.74) is 2.61. The summed E-state index contributed by atoms with van der Waals surface area (Å²) in [6, 6.07) is 12.7. The van der Waals surface area contributed by atoms with Crippen LogP contribution < -0.4 is 9.13 Å². The number of hydrogen-bond donors (Lipinski definition) is 0. The molecule has 0 saturated carbocycles. The molecule has 16 heavy (non-hydrogen) atoms. The van der Waals surface area contributed by atoms with Crippen LogP contribution in [0.1, 0.15) is 0 Å². The number of nitrogens with zero attached hydrogens (tertiary/aromatic N) is 2. The second kappa shape index (κ2) is 4.83. The van der Waals surface area contributed by atoms with Crippen LogP contribution in [0.4, 0.5) is 0 Å². The lowest BCUT2D eigenvalue weighted by Gasteiger charge is -2.08. The van der Waals surface area contributed by atoms with E-state index in [0.29, 0.717) is 0 Å². The number of fused-ring (bicyclic) bond motifs is 3. The van der Waals surface area contributed by atoms with Gasteiger partial charge >= 0.3 is 0 Å². The van der Waals surface area contributed by atoms with Gasteiger partial charge in [-0.3, -0.25) is 0 Å². The summed E-state index contributed by atoms with van der Waals surface area (Å²) in [5, 5.41) is 0. The molecule has 1 aliphatic rings. The van der Waals surface area contributed by atoms with Gasteiger partial charge in [0.2, 0.25) is 13.1 Å². The van der Waals surface area contributed by atoms with Gasteiger partial charge in [-0.05, 0) is 12.1 Å². The molecule has 0 bridgehead atoms. The Labute approximate surface area is 94.0 Å². The molecule has 1 aliphatic heterocycles. The second-order valence-electron chi connectivity index (χ2n) is 3.56. The quantitative estimate of drug-likeness (QED) is 0.607. The molecule has 4 nitrogen and oxygen atoms in total. The molecule has 0 atom stereocenters. The normalized spacial score (nSPS) is 11.5. The summed E-state index contributed by atoms with van der Waals surface area (Å²) in [7, 11) is 0. The van der Waals surface area contributed by atoms with Crippen molar-refractivity contribution in [3.05, 3.63) is 48.8 Å². The van der Waals surface area contributed by atoms with Crippen LogP contribution in [0.3, 0.4) is 0 Å². The highest BCUT2D eigenvalue weighted by atomic mass is 16.0. The van der Waals surface area contributed by atoms with E-state index >= 15 is 0 Å². The average molecular weight is 218 g/mol. The van der Waals surface area contributed by atoms with Gasteiger partial charge in [-0.2, -0.15) is 9.13 Å². The number of rotatable bonds is 0. The molecule has 0 saturated heterocycles. The van der Waals surface area contributed by atoms with Gasteiger partial charge in [0.25, 0.3) is 11.4 Å². The summed E-state index contributed by atoms with van der Waals surface area (Å²) in [5.74, 6) is 0. The predicted octanol–water partition coefficient (Wildman–Crippen LogP) is 0.589. The number of aromatic nitrogens is 2. The third-order valence-electron chi connectivity index (χ3n) is 2.73. The molecule has 0 amide bonds. The van der Waals surface area contributed by atoms with Crippen molar-refractivity contribution < 1.29 is 20.1 Å². The average Bonchev–Trinajstić information content (AvgIpc) is 2.29. The second-order valence-corrected chi connectivity index (χ2v) is 3.56. The van der Waals surface area contributed by atoms with E-state index in [1.165, 1.54) is 11.4 Å². The molecule has 2 aromatic heterocycles. The number of hydrogen-bond acceptors (Lipinski definition) is 2. The van der Waals surface area contributed by atoms with Crippen molar-refractivity contribution in [2.24, 2.45) is 0 Å². The van der Waals surface area contributed by atoms with Crippen molar-refractivity contribution >= 4 is 0 Å². The van der Waals surface area contributed by atoms with Gasteiger partial charge in [0.05, 0.1) is 0 Å². The van der Waals surface area contributed by atoms with Gasteiger partial charge in [0, 0.05) is 24.3 Å². The zero-order chi connectivity index (χ0) is 9.38. The minimum atomic E-state index is 0. The van der Waals surface area contributed by atoms with E-state index in [0.717, 1.165) is 13.1 Å². The topological polar surface area (TPSA) is 67.8 Å². The fourth-order valence-corrected chi connectivity index (χ4v) is 2.02. The first-order valence-corrected chi connectivity index (χ1v) is 4.92. The highest BCUT2D eigenvalue weighted by molar-refractivity contribution is 5.46. The molecule has 3 heterocycles. The molecule has 4 heteroatoms. The standard InChI is InChI=1S/C12H12N2.2H2O/c1-3-7-13-9-10-14-8-4-2-6-12(14)11(13)5-1;;/h1-8H,9-10H2;2*1H2/q+2;;/p-2. The van der Waals surface area contributed by atoms with Gasteiger partial charge in [-0.1, -0.05) is 0 Å². The van der Waals surface area contributed by atoms with Crippen LogP contribution >= 0.6 is 0 Å². The van der Waals surface area contributed by atoms with Crippen molar-refractivity contribution in [1.29, 1.82) is 0 Å². The Morgan fingerprint density at radius 3 is 1.56 bits per heavy atom. The monoisotopic (exact) mass is 218 g/mol. The van der Waals surface area contributed by atoms with E-state index in [2.05, 4.69) is 57.9 Å². The fourth-order valence-electron chi connectivity index (χ4n) is 2.02. The Morgan fingerprint density at radius 1 is 0.688 bits per heavy atom. The van der Waals surface area contributed by atoms with E-state index in [9.17, 15) is 0 Å². The van der Waals surface area contributed by atoms with Gasteiger partial charge < -0.3 is 11.0 Å². The summed E-state index contributed by atoms with van der Waals surface area (Å²) >= 11 is 0. The first kappa shape index (κ1) is 12.3. The molecule has 3 rings (SSSR count). The largest absolute Gasteiger partial charge is 0.870 e. The maximum atomic E-state index is 2.30. The molecule has 2 aromatic rings. The van der Waals surface area contributed by atoms with Gasteiger partial charge in [0.1, 0.15) is 0 Å². The van der Waals surface area contributed by atoms with Crippen molar-refractivity contribution in [3.63, 3.8) is 0 Å². The molecular formula is C12H14N2O2. The van der Waals surface area contributed by atoms with E-state index in [4.69, 9.17) is 0 Å². The molecule has 2 N–H and O–H groups in total. The van der Waals surface area contributed by atoms with Crippen LogP contribution in [0.15, 0.2) is 48.8 Å². The first-order chi connectivity index (χ1) is 6.95. The molecule has 0 fully saturated rings. The third kappa shape index (κ3) is 1.80. The molecule has 0 spiro atoms. The Kier molecular flexibility index (Phi) is 3.71. The van der Waals surface area contributed by atoms with E-state index < -0.39 is 0 Å². The molecule has 0 aromatic carbocycles. The highest BCUT2D eigenvalue weighted by Crippen LogP contribution is 2.11. The maximum Gasteiger partial charge on any atom is 0.277 e. The van der Waals surface area contributed by atoms with E-state index in [1.807, 2.05) is 0 Å². The zero-order valence-electron chi connectivity index (χ0n) is 8.82. The molecule has 84 valence electrons. The van der Waals surface area contributed by atoms with E-state index in [-0.39, 0.29) is 11.0 Å². The van der Waals surface area contributed by atoms with Crippen molar-refractivity contribution in [3.8, 4) is 11.4 Å².